The van der Waals surface area contributed by atoms with Gasteiger partial charge in [-0.2, -0.15) is 4.31 Å². The van der Waals surface area contributed by atoms with Gasteiger partial charge in [0.2, 0.25) is 21.8 Å². The molecule has 8 heteroatoms. The van der Waals surface area contributed by atoms with Gasteiger partial charge in [0.05, 0.1) is 12.3 Å². The number of sulfonamides is 1. The van der Waals surface area contributed by atoms with Crippen molar-refractivity contribution in [3.05, 3.63) is 29.8 Å². The Morgan fingerprint density at radius 2 is 1.80 bits per heavy atom. The van der Waals surface area contributed by atoms with Crippen molar-refractivity contribution in [2.45, 2.75) is 70.9 Å². The molecule has 1 aliphatic heterocycles. The summed E-state index contributed by atoms with van der Waals surface area (Å²) in [6.07, 6.45) is 5.30. The molecule has 166 valence electrons. The molecule has 1 aromatic carbocycles. The topological polar surface area (TPSA) is 86.8 Å². The van der Waals surface area contributed by atoms with Gasteiger partial charge >= 0.3 is 0 Å². The van der Waals surface area contributed by atoms with Crippen LogP contribution in [-0.2, 0) is 26.0 Å². The summed E-state index contributed by atoms with van der Waals surface area (Å²) >= 11 is 0. The van der Waals surface area contributed by atoms with Crippen molar-refractivity contribution in [2.24, 2.45) is 0 Å². The molecule has 0 spiro atoms. The maximum absolute atomic E-state index is 13.4. The first-order valence-electron chi connectivity index (χ1n) is 10.9. The predicted molar refractivity (Wildman–Crippen MR) is 118 cm³/mol. The molecule has 1 saturated heterocycles. The first kappa shape index (κ1) is 22.7. The minimum atomic E-state index is -3.61. The lowest BCUT2D eigenvalue weighted by atomic mass is 9.93. The molecule has 0 unspecified atom stereocenters. The lowest BCUT2D eigenvalue weighted by molar-refractivity contribution is -0.133. The molecule has 7 nitrogen and oxygen atoms in total. The van der Waals surface area contributed by atoms with Gasteiger partial charge in [-0.15, -0.1) is 0 Å². The van der Waals surface area contributed by atoms with Crippen LogP contribution in [0.2, 0.25) is 0 Å². The van der Waals surface area contributed by atoms with Gasteiger partial charge in [-0.05, 0) is 50.3 Å². The van der Waals surface area contributed by atoms with Crippen LogP contribution >= 0.6 is 0 Å². The largest absolute Gasteiger partial charge is 0.351 e. The third kappa shape index (κ3) is 4.54. The van der Waals surface area contributed by atoms with E-state index >= 15 is 0 Å². The van der Waals surface area contributed by atoms with E-state index in [2.05, 4.69) is 12.2 Å². The zero-order chi connectivity index (χ0) is 21.9. The maximum atomic E-state index is 13.4. The summed E-state index contributed by atoms with van der Waals surface area (Å²) in [4.78, 5) is 28.1. The van der Waals surface area contributed by atoms with E-state index in [1.807, 2.05) is 24.3 Å². The van der Waals surface area contributed by atoms with Gasteiger partial charge in [0, 0.05) is 18.3 Å². The minimum Gasteiger partial charge on any atom is -0.351 e. The van der Waals surface area contributed by atoms with Gasteiger partial charge in [0.25, 0.3) is 0 Å². The number of carbonyl (C=O) groups is 2. The third-order valence-corrected chi connectivity index (χ3v) is 8.15. The Balaban J connectivity index is 1.97. The van der Waals surface area contributed by atoms with E-state index < -0.39 is 15.6 Å². The van der Waals surface area contributed by atoms with Crippen molar-refractivity contribution in [1.29, 1.82) is 0 Å². The van der Waals surface area contributed by atoms with E-state index in [9.17, 15) is 18.0 Å². The molecule has 2 amide bonds. The Labute approximate surface area is 179 Å². The average molecular weight is 436 g/mol. The summed E-state index contributed by atoms with van der Waals surface area (Å²) in [7, 11) is -3.61. The molecule has 2 aliphatic rings. The molecule has 1 aliphatic carbocycles. The van der Waals surface area contributed by atoms with E-state index in [-0.39, 0.29) is 36.7 Å². The lowest BCUT2D eigenvalue weighted by Crippen LogP contribution is -2.70. The third-order valence-electron chi connectivity index (χ3n) is 6.18. The average Bonchev–Trinajstić information content (AvgIpc) is 3.21. The van der Waals surface area contributed by atoms with E-state index in [1.165, 1.54) is 9.21 Å². The second-order valence-corrected chi connectivity index (χ2v) is 10.7. The highest BCUT2D eigenvalue weighted by molar-refractivity contribution is 7.89. The second-order valence-electron chi connectivity index (χ2n) is 8.56. The Kier molecular flexibility index (Phi) is 6.87. The summed E-state index contributed by atoms with van der Waals surface area (Å²) in [6, 6.07) is 7.65. The number of nitrogens with one attached hydrogen (secondary N) is 1. The maximum Gasteiger partial charge on any atom is 0.247 e. The summed E-state index contributed by atoms with van der Waals surface area (Å²) in [5.41, 5.74) is 0.438. The number of hydrogen-bond acceptors (Lipinski definition) is 4. The molecule has 3 rings (SSSR count). The highest BCUT2D eigenvalue weighted by Crippen LogP contribution is 2.32. The fraction of sp³-hybridized carbons (Fsp3) is 0.636. The van der Waals surface area contributed by atoms with Crippen molar-refractivity contribution in [3.63, 3.8) is 0 Å². The van der Waals surface area contributed by atoms with Crippen LogP contribution in [0.3, 0.4) is 0 Å². The molecule has 1 atom stereocenters. The fourth-order valence-electron chi connectivity index (χ4n) is 4.44. The molecule has 1 saturated carbocycles. The Bertz CT molecular complexity index is 878. The number of anilines is 1. The number of amides is 2. The standard InChI is InChI=1S/C22H33N3O4S/c1-4-14-30(28,29)24-15-20(26)25(19-12-10-17(5-2)11-13-19)22(3,16-24)21(27)23-18-8-6-7-9-18/h10-13,18H,4-9,14-16H2,1-3H3,(H,23,27)/t22-/m1/s1. The monoisotopic (exact) mass is 435 g/mol. The SMILES string of the molecule is CCCS(=O)(=O)N1CC(=O)N(c2ccc(CC)cc2)[C@@](C)(C(=O)NC2CCCC2)C1. The Morgan fingerprint density at radius 3 is 2.37 bits per heavy atom. The van der Waals surface area contributed by atoms with Crippen LogP contribution in [0.25, 0.3) is 0 Å². The molecule has 1 aromatic rings. The first-order valence-corrected chi connectivity index (χ1v) is 12.5. The van der Waals surface area contributed by atoms with Gasteiger partial charge < -0.3 is 5.32 Å². The van der Waals surface area contributed by atoms with Gasteiger partial charge in [0.15, 0.2) is 0 Å². The van der Waals surface area contributed by atoms with E-state index in [4.69, 9.17) is 0 Å². The molecule has 0 radical (unpaired) electrons. The van der Waals surface area contributed by atoms with Crippen molar-refractivity contribution >= 4 is 27.5 Å². The number of carbonyl (C=O) groups excluding carboxylic acids is 2. The highest BCUT2D eigenvalue weighted by Gasteiger charge is 2.51. The number of piperazine rings is 1. The lowest BCUT2D eigenvalue weighted by Gasteiger charge is -2.47. The van der Waals surface area contributed by atoms with Crippen molar-refractivity contribution in [2.75, 3.05) is 23.7 Å². The molecule has 1 N–H and O–H groups in total. The van der Waals surface area contributed by atoms with Crippen LogP contribution in [0.1, 0.15) is 58.4 Å². The second kappa shape index (κ2) is 9.06. The summed E-state index contributed by atoms with van der Waals surface area (Å²) < 4.78 is 26.7. The van der Waals surface area contributed by atoms with Crippen molar-refractivity contribution in [1.82, 2.24) is 9.62 Å². The number of hydrogen-bond donors (Lipinski definition) is 1. The molecule has 0 bridgehead atoms. The van der Waals surface area contributed by atoms with Crippen LogP contribution in [0.5, 0.6) is 0 Å². The molecule has 1 heterocycles. The van der Waals surface area contributed by atoms with E-state index in [1.54, 1.807) is 13.8 Å². The summed E-state index contributed by atoms with van der Waals surface area (Å²) in [5, 5.41) is 3.08. The summed E-state index contributed by atoms with van der Waals surface area (Å²) in [5.74, 6) is -0.709. The van der Waals surface area contributed by atoms with E-state index in [0.717, 1.165) is 37.7 Å². The van der Waals surface area contributed by atoms with Gasteiger partial charge in [-0.3, -0.25) is 14.5 Å². The fourth-order valence-corrected chi connectivity index (χ4v) is 5.97. The number of benzene rings is 1. The normalized spacial score (nSPS) is 23.7. The zero-order valence-corrected chi connectivity index (χ0v) is 19.0. The van der Waals surface area contributed by atoms with Gasteiger partial charge in [0.1, 0.15) is 5.54 Å². The number of rotatable bonds is 7. The molecular weight excluding hydrogens is 402 g/mol. The predicted octanol–water partition coefficient (Wildman–Crippen LogP) is 2.45. The number of nitrogens with zero attached hydrogens (tertiary/aromatic N) is 2. The van der Waals surface area contributed by atoms with Crippen LogP contribution in [0, 0.1) is 0 Å². The molecule has 0 aromatic heterocycles. The summed E-state index contributed by atoms with van der Waals surface area (Å²) in [6.45, 7) is 5.23. The van der Waals surface area contributed by atoms with Gasteiger partial charge in [-0.1, -0.05) is 38.8 Å². The van der Waals surface area contributed by atoms with Crippen LogP contribution in [0.15, 0.2) is 24.3 Å². The zero-order valence-electron chi connectivity index (χ0n) is 18.2. The van der Waals surface area contributed by atoms with E-state index in [0.29, 0.717) is 12.1 Å². The quantitative estimate of drug-likeness (QED) is 0.713. The molecule has 30 heavy (non-hydrogen) atoms. The molecular formula is C22H33N3O4S. The van der Waals surface area contributed by atoms with Crippen LogP contribution < -0.4 is 10.2 Å². The van der Waals surface area contributed by atoms with Crippen molar-refractivity contribution in [3.8, 4) is 0 Å². The Hall–Kier alpha value is -1.93. The van der Waals surface area contributed by atoms with Crippen LogP contribution in [-0.4, -0.2) is 55.0 Å². The molecule has 2 fully saturated rings. The first-order chi connectivity index (χ1) is 14.2. The number of aryl methyl sites for hydroxylation is 1. The van der Waals surface area contributed by atoms with Gasteiger partial charge in [-0.25, -0.2) is 8.42 Å². The Morgan fingerprint density at radius 1 is 1.17 bits per heavy atom. The minimum absolute atomic E-state index is 0.0359. The smallest absolute Gasteiger partial charge is 0.247 e. The van der Waals surface area contributed by atoms with Crippen molar-refractivity contribution < 1.29 is 18.0 Å². The highest BCUT2D eigenvalue weighted by atomic mass is 32.2. The van der Waals surface area contributed by atoms with Crippen LogP contribution in [0.4, 0.5) is 5.69 Å².